The maximum atomic E-state index is 12.8. The van der Waals surface area contributed by atoms with Gasteiger partial charge >= 0.3 is 0 Å². The molecule has 0 fully saturated rings. The molecule has 0 bridgehead atoms. The number of anilines is 1. The Morgan fingerprint density at radius 1 is 1.10 bits per heavy atom. The molecule has 0 saturated heterocycles. The van der Waals surface area contributed by atoms with E-state index in [1.807, 2.05) is 61.7 Å². The molecule has 1 N–H and O–H groups in total. The van der Waals surface area contributed by atoms with Crippen molar-refractivity contribution in [2.24, 2.45) is 0 Å². The first-order valence-electron chi connectivity index (χ1n) is 9.48. The molecule has 0 aliphatic carbocycles. The maximum Gasteiger partial charge on any atom is 0.279 e. The number of nitrogens with one attached hydrogen (secondary N) is 1. The summed E-state index contributed by atoms with van der Waals surface area (Å²) in [4.78, 5) is 17.3. The Morgan fingerprint density at radius 2 is 1.94 bits per heavy atom. The molecule has 2 aromatic heterocycles. The van der Waals surface area contributed by atoms with Crippen LogP contribution in [0.4, 0.5) is 5.13 Å². The van der Waals surface area contributed by atoms with E-state index in [0.717, 1.165) is 16.8 Å². The average Bonchev–Trinajstić information content (AvgIpc) is 3.39. The van der Waals surface area contributed by atoms with Gasteiger partial charge in [-0.05, 0) is 49.7 Å². The molecule has 158 valence electrons. The largest absolute Gasteiger partial charge is 0.497 e. The van der Waals surface area contributed by atoms with E-state index >= 15 is 0 Å². The fraction of sp³-hybridized carbons (Fsp3) is 0.182. The molecule has 8 nitrogen and oxygen atoms in total. The van der Waals surface area contributed by atoms with Crippen LogP contribution in [-0.4, -0.2) is 40.1 Å². The van der Waals surface area contributed by atoms with Gasteiger partial charge in [0.1, 0.15) is 11.5 Å². The number of rotatable bonds is 6. The maximum absolute atomic E-state index is 12.8. The van der Waals surface area contributed by atoms with E-state index < -0.39 is 0 Å². The Balaban J connectivity index is 1.57. The lowest BCUT2D eigenvalue weighted by Crippen LogP contribution is -2.14. The molecule has 0 unspecified atom stereocenters. The van der Waals surface area contributed by atoms with Gasteiger partial charge < -0.3 is 9.47 Å². The van der Waals surface area contributed by atoms with Crippen LogP contribution in [0.25, 0.3) is 16.9 Å². The Labute approximate surface area is 183 Å². The molecule has 0 saturated carbocycles. The molecule has 0 spiro atoms. The summed E-state index contributed by atoms with van der Waals surface area (Å²) >= 11 is 1.32. The molecule has 0 atom stereocenters. The van der Waals surface area contributed by atoms with E-state index in [1.165, 1.54) is 11.3 Å². The third kappa shape index (κ3) is 4.13. The van der Waals surface area contributed by atoms with E-state index in [1.54, 1.807) is 18.9 Å². The molecule has 31 heavy (non-hydrogen) atoms. The first-order chi connectivity index (χ1) is 15.0. The van der Waals surface area contributed by atoms with Crippen molar-refractivity contribution >= 4 is 22.4 Å². The minimum atomic E-state index is -0.366. The fourth-order valence-corrected chi connectivity index (χ4v) is 3.87. The molecule has 4 aromatic rings. The third-order valence-electron chi connectivity index (χ3n) is 4.76. The molecular formula is C22H21N5O3S. The second-order valence-electron chi connectivity index (χ2n) is 6.83. The predicted octanol–water partition coefficient (Wildman–Crippen LogP) is 4.28. The van der Waals surface area contributed by atoms with Crippen LogP contribution >= 0.6 is 11.3 Å². The number of aryl methyl sites for hydroxylation is 1. The van der Waals surface area contributed by atoms with Gasteiger partial charge in [0.25, 0.3) is 5.91 Å². The second-order valence-corrected chi connectivity index (χ2v) is 7.69. The van der Waals surface area contributed by atoms with Crippen molar-refractivity contribution in [2.45, 2.75) is 13.8 Å². The molecule has 0 radical (unpaired) electrons. The van der Waals surface area contributed by atoms with Crippen molar-refractivity contribution < 1.29 is 14.3 Å². The number of benzene rings is 2. The van der Waals surface area contributed by atoms with Gasteiger partial charge in [-0.15, -0.1) is 16.4 Å². The minimum absolute atomic E-state index is 0.247. The summed E-state index contributed by atoms with van der Waals surface area (Å²) in [6, 6.07) is 13.3. The zero-order chi connectivity index (χ0) is 22.0. The highest BCUT2D eigenvalue weighted by Crippen LogP contribution is 2.35. The number of thiazole rings is 1. The lowest BCUT2D eigenvalue weighted by atomic mass is 10.1. The van der Waals surface area contributed by atoms with Crippen LogP contribution < -0.4 is 14.8 Å². The Bertz CT molecular complexity index is 1250. The first-order valence-corrected chi connectivity index (χ1v) is 10.4. The number of aromatic nitrogens is 4. The Kier molecular flexibility index (Phi) is 5.68. The van der Waals surface area contributed by atoms with Crippen molar-refractivity contribution in [3.05, 3.63) is 64.8 Å². The zero-order valence-corrected chi connectivity index (χ0v) is 18.4. The summed E-state index contributed by atoms with van der Waals surface area (Å²) in [5.74, 6) is 0.994. The molecule has 1 amide bonds. The lowest BCUT2D eigenvalue weighted by molar-refractivity contribution is 0.102. The van der Waals surface area contributed by atoms with Gasteiger partial charge in [0, 0.05) is 10.9 Å². The van der Waals surface area contributed by atoms with Gasteiger partial charge in [-0.25, -0.2) is 9.67 Å². The van der Waals surface area contributed by atoms with Gasteiger partial charge in [-0.2, -0.15) is 0 Å². The second kappa shape index (κ2) is 8.57. The molecule has 2 aromatic carbocycles. The number of ether oxygens (including phenoxy) is 2. The predicted molar refractivity (Wildman–Crippen MR) is 119 cm³/mol. The topological polar surface area (TPSA) is 91.2 Å². The van der Waals surface area contributed by atoms with Gasteiger partial charge in [-0.3, -0.25) is 10.1 Å². The highest BCUT2D eigenvalue weighted by molar-refractivity contribution is 7.14. The number of carbonyl (C=O) groups excluding carboxylic acids is 1. The number of methoxy groups -OCH3 is 2. The van der Waals surface area contributed by atoms with Crippen molar-refractivity contribution in [1.82, 2.24) is 20.0 Å². The van der Waals surface area contributed by atoms with Crippen molar-refractivity contribution in [2.75, 3.05) is 19.5 Å². The van der Waals surface area contributed by atoms with Gasteiger partial charge in [0.05, 0.1) is 31.3 Å². The summed E-state index contributed by atoms with van der Waals surface area (Å²) in [5, 5.41) is 13.3. The van der Waals surface area contributed by atoms with Crippen LogP contribution in [0.3, 0.4) is 0 Å². The molecule has 0 aliphatic rings. The summed E-state index contributed by atoms with van der Waals surface area (Å²) < 4.78 is 12.4. The summed E-state index contributed by atoms with van der Waals surface area (Å²) in [7, 11) is 3.20. The van der Waals surface area contributed by atoms with Gasteiger partial charge in [-0.1, -0.05) is 17.3 Å². The SMILES string of the molecule is COc1ccc(OC)c(-c2csc(NC(=O)c3nnn(-c4cccc(C)c4)c3C)n2)c1. The van der Waals surface area contributed by atoms with E-state index in [9.17, 15) is 4.79 Å². The first kappa shape index (κ1) is 20.5. The quantitative estimate of drug-likeness (QED) is 0.486. The highest BCUT2D eigenvalue weighted by atomic mass is 32.1. The molecular weight excluding hydrogens is 414 g/mol. The van der Waals surface area contributed by atoms with E-state index in [4.69, 9.17) is 9.47 Å². The Morgan fingerprint density at radius 3 is 2.68 bits per heavy atom. The van der Waals surface area contributed by atoms with E-state index in [0.29, 0.717) is 28.0 Å². The molecule has 2 heterocycles. The summed E-state index contributed by atoms with van der Waals surface area (Å²) in [6.07, 6.45) is 0. The lowest BCUT2D eigenvalue weighted by Gasteiger charge is -2.08. The summed E-state index contributed by atoms with van der Waals surface area (Å²) in [5.41, 5.74) is 4.30. The molecule has 4 rings (SSSR count). The summed E-state index contributed by atoms with van der Waals surface area (Å²) in [6.45, 7) is 3.81. The van der Waals surface area contributed by atoms with Crippen LogP contribution in [-0.2, 0) is 0 Å². The highest BCUT2D eigenvalue weighted by Gasteiger charge is 2.19. The number of nitrogens with zero attached hydrogens (tertiary/aromatic N) is 4. The average molecular weight is 436 g/mol. The number of amides is 1. The van der Waals surface area contributed by atoms with Crippen LogP contribution in [0.2, 0.25) is 0 Å². The van der Waals surface area contributed by atoms with Gasteiger partial charge in [0.2, 0.25) is 0 Å². The van der Waals surface area contributed by atoms with E-state index in [-0.39, 0.29) is 11.6 Å². The monoisotopic (exact) mass is 435 g/mol. The van der Waals surface area contributed by atoms with Crippen molar-refractivity contribution in [1.29, 1.82) is 0 Å². The molecule has 0 aliphatic heterocycles. The van der Waals surface area contributed by atoms with Crippen LogP contribution in [0.1, 0.15) is 21.7 Å². The van der Waals surface area contributed by atoms with Crippen molar-refractivity contribution in [3.8, 4) is 28.4 Å². The zero-order valence-electron chi connectivity index (χ0n) is 17.5. The third-order valence-corrected chi connectivity index (χ3v) is 5.52. The standard InChI is InChI=1S/C22H21N5O3S/c1-13-6-5-7-15(10-13)27-14(2)20(25-26-27)21(28)24-22-23-18(12-31-22)17-11-16(29-3)8-9-19(17)30-4/h5-12H,1-4H3,(H,23,24,28). The van der Waals surface area contributed by atoms with Crippen LogP contribution in [0, 0.1) is 13.8 Å². The smallest absolute Gasteiger partial charge is 0.279 e. The Hall–Kier alpha value is -3.72. The van der Waals surface area contributed by atoms with Gasteiger partial charge in [0.15, 0.2) is 10.8 Å². The fourth-order valence-electron chi connectivity index (χ4n) is 3.17. The van der Waals surface area contributed by atoms with Crippen LogP contribution in [0.5, 0.6) is 11.5 Å². The normalized spacial score (nSPS) is 10.7. The van der Waals surface area contributed by atoms with Crippen molar-refractivity contribution in [3.63, 3.8) is 0 Å². The number of hydrogen-bond donors (Lipinski definition) is 1. The number of carbonyl (C=O) groups is 1. The van der Waals surface area contributed by atoms with Crippen LogP contribution in [0.15, 0.2) is 47.8 Å². The molecule has 9 heteroatoms. The number of hydrogen-bond acceptors (Lipinski definition) is 7. The van der Waals surface area contributed by atoms with E-state index in [2.05, 4.69) is 20.6 Å². The minimum Gasteiger partial charge on any atom is -0.497 e.